The number of fused-ring (bicyclic) bond motifs is 2. The fourth-order valence-corrected chi connectivity index (χ4v) is 5.88. The van der Waals surface area contributed by atoms with E-state index < -0.39 is 0 Å². The molecule has 6 nitrogen and oxygen atoms in total. The Morgan fingerprint density at radius 3 is 2.36 bits per heavy atom. The Labute approximate surface area is 250 Å². The van der Waals surface area contributed by atoms with E-state index in [4.69, 9.17) is 14.4 Å². The predicted molar refractivity (Wildman–Crippen MR) is 170 cm³/mol. The van der Waals surface area contributed by atoms with Crippen molar-refractivity contribution in [3.05, 3.63) is 72.1 Å². The lowest BCUT2D eigenvalue weighted by atomic mass is 9.79. The van der Waals surface area contributed by atoms with E-state index in [1.54, 1.807) is 18.0 Å². The minimum Gasteiger partial charge on any atom is -0.441 e. The van der Waals surface area contributed by atoms with Crippen LogP contribution in [0.15, 0.2) is 65.1 Å². The van der Waals surface area contributed by atoms with Crippen molar-refractivity contribution in [3.63, 3.8) is 0 Å². The Morgan fingerprint density at radius 1 is 1.00 bits per heavy atom. The first kappa shape index (κ1) is 31.3. The lowest BCUT2D eigenvalue weighted by Gasteiger charge is -2.47. The normalized spacial score (nSPS) is 20.4. The Bertz CT molecular complexity index is 1530. The number of nitriles is 1. The Morgan fingerprint density at radius 2 is 1.69 bits per heavy atom. The number of oxazole rings is 1. The monoisotopic (exact) mass is 567 g/mol. The molecule has 2 atom stereocenters. The number of rotatable bonds is 7. The first-order valence-corrected chi connectivity index (χ1v) is 15.2. The highest BCUT2D eigenvalue weighted by atomic mass is 16.5. The highest BCUT2D eigenvalue weighted by Gasteiger charge is 2.41. The van der Waals surface area contributed by atoms with Gasteiger partial charge in [0.1, 0.15) is 5.52 Å². The molecule has 1 saturated heterocycles. The van der Waals surface area contributed by atoms with E-state index in [9.17, 15) is 4.79 Å². The summed E-state index contributed by atoms with van der Waals surface area (Å²) in [6.07, 6.45) is 6.58. The molecule has 0 bridgehead atoms. The molecule has 222 valence electrons. The summed E-state index contributed by atoms with van der Waals surface area (Å²) in [5.74, 6) is 1.41. The van der Waals surface area contributed by atoms with Crippen molar-refractivity contribution in [2.24, 2.45) is 11.8 Å². The molecular formula is C36H45N3O3. The molecule has 0 saturated carbocycles. The van der Waals surface area contributed by atoms with Crippen LogP contribution in [-0.4, -0.2) is 29.1 Å². The fraction of sp³-hybridized carbons (Fsp3) is 0.472. The van der Waals surface area contributed by atoms with Gasteiger partial charge in [0.25, 0.3) is 0 Å². The van der Waals surface area contributed by atoms with Crippen molar-refractivity contribution >= 4 is 33.5 Å². The van der Waals surface area contributed by atoms with E-state index in [0.29, 0.717) is 11.5 Å². The largest absolute Gasteiger partial charge is 0.441 e. The molecule has 0 spiro atoms. The van der Waals surface area contributed by atoms with E-state index in [1.807, 2.05) is 68.4 Å². The second-order valence-corrected chi connectivity index (χ2v) is 12.6. The third-order valence-corrected chi connectivity index (χ3v) is 8.72. The molecule has 2 unspecified atom stereocenters. The highest BCUT2D eigenvalue weighted by molar-refractivity contribution is 6.05. The lowest BCUT2D eigenvalue weighted by Crippen LogP contribution is -2.48. The zero-order valence-corrected chi connectivity index (χ0v) is 26.2. The van der Waals surface area contributed by atoms with Crippen LogP contribution in [-0.2, 0) is 16.0 Å². The molecule has 4 aromatic rings. The van der Waals surface area contributed by atoms with Gasteiger partial charge in [-0.3, -0.25) is 4.79 Å². The van der Waals surface area contributed by atoms with Crippen LogP contribution in [0.3, 0.4) is 0 Å². The van der Waals surface area contributed by atoms with Crippen molar-refractivity contribution in [1.29, 1.82) is 5.26 Å². The van der Waals surface area contributed by atoms with Crippen molar-refractivity contribution in [3.8, 4) is 6.07 Å². The van der Waals surface area contributed by atoms with Gasteiger partial charge in [-0.2, -0.15) is 5.26 Å². The molecule has 1 aliphatic rings. The van der Waals surface area contributed by atoms with Gasteiger partial charge in [0, 0.05) is 30.2 Å². The molecule has 1 aliphatic heterocycles. The Kier molecular flexibility index (Phi) is 9.74. The number of hydrogen-bond acceptors (Lipinski definition) is 5. The number of amides is 1. The Hall–Kier alpha value is -3.69. The minimum absolute atomic E-state index is 0.0106. The van der Waals surface area contributed by atoms with Gasteiger partial charge in [0.2, 0.25) is 5.91 Å². The van der Waals surface area contributed by atoms with E-state index in [0.717, 1.165) is 59.1 Å². The number of para-hydroxylation sites is 2. The summed E-state index contributed by atoms with van der Waals surface area (Å²) in [7, 11) is 1.77. The molecule has 1 amide bonds. The molecule has 1 aromatic heterocycles. The zero-order chi connectivity index (χ0) is 30.5. The number of benzene rings is 3. The number of aromatic nitrogens is 1. The van der Waals surface area contributed by atoms with Gasteiger partial charge in [-0.1, -0.05) is 64.1 Å². The quantitative estimate of drug-likeness (QED) is 0.223. The SMILES string of the molecule is CC(C)C(=O)N(C)c1ccc(C#N)c2ccccc12.CC(C)C1(C)CCCC(C)(CCCc2nc3ccccc3o2)O1. The summed E-state index contributed by atoms with van der Waals surface area (Å²) in [5, 5.41) is 10.9. The van der Waals surface area contributed by atoms with E-state index in [1.165, 1.54) is 12.8 Å². The third-order valence-electron chi connectivity index (χ3n) is 8.72. The molecule has 0 N–H and O–H groups in total. The van der Waals surface area contributed by atoms with E-state index in [2.05, 4.69) is 38.7 Å². The summed E-state index contributed by atoms with van der Waals surface area (Å²) in [6.45, 7) is 12.8. The third kappa shape index (κ3) is 7.02. The lowest BCUT2D eigenvalue weighted by molar-refractivity contribution is -0.195. The number of nitrogens with zero attached hydrogens (tertiary/aromatic N) is 3. The maximum atomic E-state index is 12.1. The van der Waals surface area contributed by atoms with Crippen LogP contribution in [0.1, 0.15) is 85.1 Å². The molecule has 0 radical (unpaired) electrons. The standard InChI is InChI=1S/C20H29NO2.C16H16N2O/c1-15(2)20(4)14-8-13-19(3,23-20)12-7-11-18-21-16-9-5-6-10-17(16)22-18;1-11(2)16(19)18(3)15-9-8-12(10-17)13-6-4-5-7-14(13)15/h5-6,9-10,15H,7-8,11-14H2,1-4H3;4-9,11H,1-3H3. The maximum Gasteiger partial charge on any atom is 0.229 e. The van der Waals surface area contributed by atoms with Gasteiger partial charge >= 0.3 is 0 Å². The topological polar surface area (TPSA) is 79.4 Å². The second kappa shape index (κ2) is 13.1. The molecule has 1 fully saturated rings. The van der Waals surface area contributed by atoms with Crippen molar-refractivity contribution in [2.45, 2.75) is 91.3 Å². The number of hydrogen-bond donors (Lipinski definition) is 0. The molecule has 42 heavy (non-hydrogen) atoms. The van der Waals surface area contributed by atoms with E-state index >= 15 is 0 Å². The first-order chi connectivity index (χ1) is 20.0. The van der Waals surface area contributed by atoms with Gasteiger partial charge in [0.15, 0.2) is 11.5 Å². The van der Waals surface area contributed by atoms with Crippen molar-refractivity contribution in [2.75, 3.05) is 11.9 Å². The van der Waals surface area contributed by atoms with Crippen LogP contribution < -0.4 is 4.90 Å². The van der Waals surface area contributed by atoms with Crippen LogP contribution >= 0.6 is 0 Å². The van der Waals surface area contributed by atoms with Crippen LogP contribution in [0.2, 0.25) is 0 Å². The van der Waals surface area contributed by atoms with Crippen LogP contribution in [0, 0.1) is 23.2 Å². The predicted octanol–water partition coefficient (Wildman–Crippen LogP) is 8.85. The van der Waals surface area contributed by atoms with Crippen LogP contribution in [0.25, 0.3) is 21.9 Å². The molecule has 5 rings (SSSR count). The van der Waals surface area contributed by atoms with Gasteiger partial charge < -0.3 is 14.1 Å². The summed E-state index contributed by atoms with van der Waals surface area (Å²) >= 11 is 0. The number of carbonyl (C=O) groups excluding carboxylic acids is 1. The maximum absolute atomic E-state index is 12.1. The van der Waals surface area contributed by atoms with Crippen molar-refractivity contribution < 1.29 is 13.9 Å². The van der Waals surface area contributed by atoms with Crippen LogP contribution in [0.4, 0.5) is 5.69 Å². The van der Waals surface area contributed by atoms with Gasteiger partial charge in [-0.05, 0) is 76.1 Å². The Balaban J connectivity index is 0.000000197. The summed E-state index contributed by atoms with van der Waals surface area (Å²) < 4.78 is 12.4. The summed E-state index contributed by atoms with van der Waals surface area (Å²) in [6, 6.07) is 21.4. The average Bonchev–Trinajstić information content (AvgIpc) is 3.38. The number of ether oxygens (including phenoxy) is 1. The second-order valence-electron chi connectivity index (χ2n) is 12.6. The average molecular weight is 568 g/mol. The zero-order valence-electron chi connectivity index (χ0n) is 26.2. The fourth-order valence-electron chi connectivity index (χ4n) is 5.88. The summed E-state index contributed by atoms with van der Waals surface area (Å²) in [5.41, 5.74) is 3.32. The molecular weight excluding hydrogens is 522 g/mol. The molecule has 3 aromatic carbocycles. The smallest absolute Gasteiger partial charge is 0.229 e. The minimum atomic E-state index is -0.0561. The van der Waals surface area contributed by atoms with Gasteiger partial charge in [-0.25, -0.2) is 4.98 Å². The number of aryl methyl sites for hydroxylation is 1. The molecule has 2 heterocycles. The molecule has 6 heteroatoms. The number of carbonyl (C=O) groups is 1. The molecule has 0 aliphatic carbocycles. The number of anilines is 1. The van der Waals surface area contributed by atoms with Gasteiger partial charge in [0.05, 0.1) is 28.5 Å². The van der Waals surface area contributed by atoms with Crippen molar-refractivity contribution in [1.82, 2.24) is 4.98 Å². The van der Waals surface area contributed by atoms with E-state index in [-0.39, 0.29) is 23.0 Å². The van der Waals surface area contributed by atoms with Crippen LogP contribution in [0.5, 0.6) is 0 Å². The summed E-state index contributed by atoms with van der Waals surface area (Å²) in [4.78, 5) is 18.3. The highest BCUT2D eigenvalue weighted by Crippen LogP contribution is 2.42. The first-order valence-electron chi connectivity index (χ1n) is 15.2. The van der Waals surface area contributed by atoms with Gasteiger partial charge in [-0.15, -0.1) is 0 Å².